The molecule has 36 heavy (non-hydrogen) atoms. The lowest BCUT2D eigenvalue weighted by Crippen LogP contribution is -2.27. The predicted molar refractivity (Wildman–Crippen MR) is 153 cm³/mol. The number of benzene rings is 3. The van der Waals surface area contributed by atoms with Crippen LogP contribution in [0.25, 0.3) is 11.1 Å². The number of likely N-dealkylation sites (tertiary alicyclic amines) is 1. The van der Waals surface area contributed by atoms with Crippen molar-refractivity contribution in [2.24, 2.45) is 10.7 Å². The third-order valence-corrected chi connectivity index (χ3v) is 7.31. The smallest absolute Gasteiger partial charge is 0.198 e. The third-order valence-electron chi connectivity index (χ3n) is 6.12. The quantitative estimate of drug-likeness (QED) is 0.0942. The number of rotatable bonds is 9. The summed E-state index contributed by atoms with van der Waals surface area (Å²) in [6.45, 7) is 6.50. The summed E-state index contributed by atoms with van der Waals surface area (Å²) in [5.74, 6) is 0.989. The molecule has 4 rings (SSSR count). The van der Waals surface area contributed by atoms with Gasteiger partial charge in [-0.3, -0.25) is 4.72 Å². The Morgan fingerprint density at radius 1 is 1.08 bits per heavy atom. The van der Waals surface area contributed by atoms with Crippen molar-refractivity contribution in [3.8, 4) is 16.9 Å². The van der Waals surface area contributed by atoms with E-state index in [-0.39, 0.29) is 5.96 Å². The minimum absolute atomic E-state index is 0.261. The first-order valence-electron chi connectivity index (χ1n) is 12.0. The molecule has 0 bridgehead atoms. The Hall–Kier alpha value is -2.91. The fraction of sp³-hybridized carbons (Fsp3) is 0.296. The van der Waals surface area contributed by atoms with Gasteiger partial charge in [-0.25, -0.2) is 4.99 Å². The fourth-order valence-corrected chi connectivity index (χ4v) is 5.04. The highest BCUT2D eigenvalue weighted by molar-refractivity contribution is 7.97. The van der Waals surface area contributed by atoms with E-state index in [0.29, 0.717) is 16.4 Å². The van der Waals surface area contributed by atoms with Gasteiger partial charge in [0, 0.05) is 34.3 Å². The fourth-order valence-electron chi connectivity index (χ4n) is 4.19. The number of aryl methyl sites for hydroxylation is 1. The van der Waals surface area contributed by atoms with Gasteiger partial charge in [-0.1, -0.05) is 11.6 Å². The van der Waals surface area contributed by atoms with E-state index in [0.717, 1.165) is 46.1 Å². The summed E-state index contributed by atoms with van der Waals surface area (Å²) in [4.78, 5) is 8.15. The highest BCUT2D eigenvalue weighted by atomic mass is 35.5. The van der Waals surface area contributed by atoms with Crippen LogP contribution in [0.1, 0.15) is 18.4 Å². The number of anilines is 2. The molecule has 1 fully saturated rings. The van der Waals surface area contributed by atoms with Crippen molar-refractivity contribution in [2.45, 2.75) is 24.7 Å². The number of aliphatic imine (C=N–C) groups is 1. The van der Waals surface area contributed by atoms with Gasteiger partial charge in [0.15, 0.2) is 5.96 Å². The van der Waals surface area contributed by atoms with E-state index in [1.54, 1.807) is 19.1 Å². The zero-order chi connectivity index (χ0) is 25.5. The van der Waals surface area contributed by atoms with Crippen molar-refractivity contribution >= 4 is 46.6 Å². The molecular formula is C27H33ClN6OS. The highest BCUT2D eigenvalue weighted by Crippen LogP contribution is 2.37. The summed E-state index contributed by atoms with van der Waals surface area (Å²) in [5.41, 5.74) is 17.2. The molecule has 3 aromatic rings. The minimum atomic E-state index is 0.261. The molecule has 190 valence electrons. The van der Waals surface area contributed by atoms with Crippen molar-refractivity contribution < 1.29 is 4.74 Å². The summed E-state index contributed by atoms with van der Waals surface area (Å²) in [7, 11) is 1.63. The lowest BCUT2D eigenvalue weighted by Gasteiger charge is -2.14. The van der Waals surface area contributed by atoms with Gasteiger partial charge in [0.05, 0.1) is 18.5 Å². The summed E-state index contributed by atoms with van der Waals surface area (Å²) < 4.78 is 8.78. The maximum Gasteiger partial charge on any atom is 0.198 e. The molecule has 0 unspecified atom stereocenters. The number of ether oxygens (including phenoxy) is 1. The van der Waals surface area contributed by atoms with Crippen molar-refractivity contribution in [1.29, 1.82) is 0 Å². The van der Waals surface area contributed by atoms with Crippen molar-refractivity contribution in [3.05, 3.63) is 65.2 Å². The minimum Gasteiger partial charge on any atom is -0.497 e. The number of halogens is 1. The molecule has 3 aromatic carbocycles. The summed E-state index contributed by atoms with van der Waals surface area (Å²) in [5, 5.41) is 3.76. The van der Waals surface area contributed by atoms with Gasteiger partial charge in [0.1, 0.15) is 5.75 Å². The topological polar surface area (TPSA) is 101 Å². The van der Waals surface area contributed by atoms with E-state index >= 15 is 0 Å². The van der Waals surface area contributed by atoms with Crippen molar-refractivity contribution in [3.63, 3.8) is 0 Å². The molecule has 9 heteroatoms. The van der Waals surface area contributed by atoms with Crippen LogP contribution in [0.3, 0.4) is 0 Å². The number of nitrogens with two attached hydrogens (primary N) is 2. The first-order valence-corrected chi connectivity index (χ1v) is 13.2. The number of nitrogens with zero attached hydrogens (tertiary/aromatic N) is 2. The Morgan fingerprint density at radius 2 is 1.83 bits per heavy atom. The molecule has 1 saturated heterocycles. The largest absolute Gasteiger partial charge is 0.497 e. The molecule has 0 spiro atoms. The first kappa shape index (κ1) is 26.2. The number of methoxy groups -OCH3 is 1. The van der Waals surface area contributed by atoms with E-state index in [4.69, 9.17) is 27.8 Å². The summed E-state index contributed by atoms with van der Waals surface area (Å²) >= 11 is 8.08. The Balaban J connectivity index is 1.37. The van der Waals surface area contributed by atoms with Gasteiger partial charge in [-0.05, 0) is 111 Å². The number of hydrogen-bond donors (Lipinski definition) is 4. The second-order valence-electron chi connectivity index (χ2n) is 8.76. The van der Waals surface area contributed by atoms with E-state index in [2.05, 4.69) is 19.9 Å². The van der Waals surface area contributed by atoms with Crippen LogP contribution in [0.15, 0.2) is 64.5 Å². The standard InChI is InChI=1S/C27H33ClN6OS/c1-18-15-26(25(29)17-22(18)23-16-20(35-2)7-10-24(23)28)33-27(30)32-19-5-8-21(9-6-19)36-31-11-14-34-12-3-4-13-34/h5-10,15-17,31H,3-4,11-14,29H2,1-2H3,(H3,30,32,33). The molecule has 0 aliphatic carbocycles. The average molecular weight is 525 g/mol. The maximum absolute atomic E-state index is 6.44. The first-order chi connectivity index (χ1) is 17.4. The molecular weight excluding hydrogens is 492 g/mol. The molecule has 1 aliphatic rings. The zero-order valence-electron chi connectivity index (χ0n) is 20.7. The monoisotopic (exact) mass is 524 g/mol. The van der Waals surface area contributed by atoms with Gasteiger partial charge in [0.2, 0.25) is 0 Å². The van der Waals surface area contributed by atoms with Crippen molar-refractivity contribution in [1.82, 2.24) is 9.62 Å². The van der Waals surface area contributed by atoms with Crippen LogP contribution >= 0.6 is 23.5 Å². The summed E-state index contributed by atoms with van der Waals surface area (Å²) in [6.07, 6.45) is 2.65. The Labute approximate surface area is 222 Å². The second-order valence-corrected chi connectivity index (χ2v) is 10.1. The maximum atomic E-state index is 6.44. The summed E-state index contributed by atoms with van der Waals surface area (Å²) in [6, 6.07) is 17.4. The van der Waals surface area contributed by atoms with E-state index in [1.165, 1.54) is 25.9 Å². The predicted octanol–water partition coefficient (Wildman–Crippen LogP) is 5.66. The van der Waals surface area contributed by atoms with E-state index in [9.17, 15) is 0 Å². The van der Waals surface area contributed by atoms with E-state index < -0.39 is 0 Å². The molecule has 1 aliphatic heterocycles. The van der Waals surface area contributed by atoms with Gasteiger partial charge in [-0.2, -0.15) is 0 Å². The Morgan fingerprint density at radius 3 is 2.56 bits per heavy atom. The molecule has 1 heterocycles. The molecule has 0 radical (unpaired) electrons. The van der Waals surface area contributed by atoms with Gasteiger partial charge < -0.3 is 26.4 Å². The highest BCUT2D eigenvalue weighted by Gasteiger charge is 2.12. The molecule has 0 saturated carbocycles. The zero-order valence-corrected chi connectivity index (χ0v) is 22.3. The third kappa shape index (κ3) is 6.85. The van der Waals surface area contributed by atoms with Crippen LogP contribution in [0.2, 0.25) is 5.02 Å². The second kappa shape index (κ2) is 12.4. The molecule has 7 nitrogen and oxygen atoms in total. The van der Waals surface area contributed by atoms with Crippen LogP contribution < -0.4 is 26.2 Å². The van der Waals surface area contributed by atoms with Crippen LogP contribution in [0.4, 0.5) is 17.1 Å². The van der Waals surface area contributed by atoms with Crippen molar-refractivity contribution in [2.75, 3.05) is 44.3 Å². The van der Waals surface area contributed by atoms with Gasteiger partial charge >= 0.3 is 0 Å². The SMILES string of the molecule is COc1ccc(Cl)c(-c2cc(N)c(N=C(N)Nc3ccc(SNCCN4CCCC4)cc3)cc2C)c1. The van der Waals surface area contributed by atoms with Crippen LogP contribution in [-0.2, 0) is 0 Å². The lowest BCUT2D eigenvalue weighted by atomic mass is 9.98. The molecule has 0 atom stereocenters. The number of nitrogen functional groups attached to an aromatic ring is 1. The Kier molecular flexibility index (Phi) is 8.98. The number of nitrogens with one attached hydrogen (secondary N) is 2. The van der Waals surface area contributed by atoms with E-state index in [1.807, 2.05) is 61.5 Å². The lowest BCUT2D eigenvalue weighted by molar-refractivity contribution is 0.345. The number of guanidine groups is 1. The van der Waals surface area contributed by atoms with Crippen LogP contribution in [0, 0.1) is 6.92 Å². The van der Waals surface area contributed by atoms with Crippen LogP contribution in [0.5, 0.6) is 5.75 Å². The van der Waals surface area contributed by atoms with Gasteiger partial charge in [0.25, 0.3) is 0 Å². The molecule has 6 N–H and O–H groups in total. The molecule has 0 amide bonds. The average Bonchev–Trinajstić information content (AvgIpc) is 3.39. The normalized spacial score (nSPS) is 14.2. The number of hydrogen-bond acceptors (Lipinski definition) is 6. The molecule has 0 aromatic heterocycles. The Bertz CT molecular complexity index is 1210. The van der Waals surface area contributed by atoms with Gasteiger partial charge in [-0.15, -0.1) is 0 Å². The van der Waals surface area contributed by atoms with Crippen LogP contribution in [-0.4, -0.2) is 44.1 Å².